The molecule has 6 nitrogen and oxygen atoms in total. The molecule has 2 rings (SSSR count). The normalized spacial score (nSPS) is 30.7. The van der Waals surface area contributed by atoms with Crippen LogP contribution >= 0.6 is 0 Å². The van der Waals surface area contributed by atoms with Gasteiger partial charge in [0, 0.05) is 39.2 Å². The van der Waals surface area contributed by atoms with Crippen molar-refractivity contribution in [3.63, 3.8) is 0 Å². The smallest absolute Gasteiger partial charge is 0.194 e. The fourth-order valence-corrected chi connectivity index (χ4v) is 3.06. The highest BCUT2D eigenvalue weighted by Gasteiger charge is 2.26. The molecule has 0 aromatic carbocycles. The molecule has 21 heavy (non-hydrogen) atoms. The summed E-state index contributed by atoms with van der Waals surface area (Å²) in [4.78, 5) is 6.97. The van der Waals surface area contributed by atoms with Crippen molar-refractivity contribution in [2.24, 2.45) is 10.9 Å². The first-order valence-electron chi connectivity index (χ1n) is 8.06. The van der Waals surface area contributed by atoms with Crippen molar-refractivity contribution in [3.05, 3.63) is 0 Å². The Morgan fingerprint density at radius 1 is 1.48 bits per heavy atom. The van der Waals surface area contributed by atoms with Crippen LogP contribution in [0.3, 0.4) is 0 Å². The first kappa shape index (κ1) is 16.5. The van der Waals surface area contributed by atoms with Gasteiger partial charge in [-0.15, -0.1) is 0 Å². The Morgan fingerprint density at radius 3 is 3.00 bits per heavy atom. The molecule has 2 fully saturated rings. The molecule has 1 heterocycles. The van der Waals surface area contributed by atoms with Gasteiger partial charge < -0.3 is 24.8 Å². The van der Waals surface area contributed by atoms with Crippen LogP contribution in [0.1, 0.15) is 26.2 Å². The van der Waals surface area contributed by atoms with Crippen LogP contribution in [-0.2, 0) is 9.47 Å². The van der Waals surface area contributed by atoms with Crippen LogP contribution in [0.4, 0.5) is 0 Å². The summed E-state index contributed by atoms with van der Waals surface area (Å²) in [5, 5.41) is 13.3. The molecule has 2 aliphatic rings. The third-order valence-corrected chi connectivity index (χ3v) is 4.22. The molecular weight excluding hydrogens is 270 g/mol. The largest absolute Gasteiger partial charge is 0.393 e. The number of nitrogens with one attached hydrogen (secondary N) is 1. The van der Waals surface area contributed by atoms with E-state index in [4.69, 9.17) is 14.5 Å². The van der Waals surface area contributed by atoms with E-state index >= 15 is 0 Å². The third kappa shape index (κ3) is 4.83. The molecule has 0 aromatic heterocycles. The van der Waals surface area contributed by atoms with E-state index < -0.39 is 0 Å². The summed E-state index contributed by atoms with van der Waals surface area (Å²) in [5.41, 5.74) is 0. The van der Waals surface area contributed by atoms with E-state index in [2.05, 4.69) is 17.1 Å². The molecule has 0 radical (unpaired) electrons. The van der Waals surface area contributed by atoms with Gasteiger partial charge in [-0.25, -0.2) is 0 Å². The third-order valence-electron chi connectivity index (χ3n) is 4.22. The summed E-state index contributed by atoms with van der Waals surface area (Å²) < 4.78 is 10.9. The van der Waals surface area contributed by atoms with E-state index in [9.17, 15) is 5.11 Å². The summed E-state index contributed by atoms with van der Waals surface area (Å²) >= 11 is 0. The van der Waals surface area contributed by atoms with Crippen LogP contribution in [-0.4, -0.2) is 74.7 Å². The Kier molecular flexibility index (Phi) is 6.73. The summed E-state index contributed by atoms with van der Waals surface area (Å²) in [6, 6.07) is 0. The van der Waals surface area contributed by atoms with Crippen molar-refractivity contribution in [3.8, 4) is 0 Å². The van der Waals surface area contributed by atoms with Crippen molar-refractivity contribution in [2.45, 2.75) is 38.4 Å². The molecule has 0 amide bonds. The van der Waals surface area contributed by atoms with Crippen LogP contribution in [0.25, 0.3) is 0 Å². The Bertz CT molecular complexity index is 336. The summed E-state index contributed by atoms with van der Waals surface area (Å²) in [5.74, 6) is 1.25. The standard InChI is InChI=1S/C15H29N3O3/c1-3-16-15(17-9-12-5-4-6-14(12)19)18-7-8-21-13(10-18)11-20-2/h12-14,19H,3-11H2,1-2H3,(H,16,17). The lowest BCUT2D eigenvalue weighted by atomic mass is 10.1. The molecule has 1 saturated heterocycles. The van der Waals surface area contributed by atoms with E-state index in [0.29, 0.717) is 25.7 Å². The zero-order chi connectivity index (χ0) is 15.1. The van der Waals surface area contributed by atoms with Crippen LogP contribution in [0.15, 0.2) is 4.99 Å². The minimum absolute atomic E-state index is 0.102. The van der Waals surface area contributed by atoms with Gasteiger partial charge in [0.05, 0.1) is 25.4 Å². The average Bonchev–Trinajstić information content (AvgIpc) is 2.89. The number of methoxy groups -OCH3 is 1. The van der Waals surface area contributed by atoms with E-state index in [1.54, 1.807) is 7.11 Å². The number of ether oxygens (including phenoxy) is 2. The van der Waals surface area contributed by atoms with Crippen molar-refractivity contribution >= 4 is 5.96 Å². The van der Waals surface area contributed by atoms with Gasteiger partial charge in [-0.1, -0.05) is 6.42 Å². The second-order valence-corrected chi connectivity index (χ2v) is 5.85. The minimum atomic E-state index is -0.178. The molecule has 0 aromatic rings. The predicted molar refractivity (Wildman–Crippen MR) is 82.5 cm³/mol. The second kappa shape index (κ2) is 8.56. The molecule has 3 unspecified atom stereocenters. The number of aliphatic hydroxyl groups excluding tert-OH is 1. The van der Waals surface area contributed by atoms with E-state index in [1.165, 1.54) is 0 Å². The maximum Gasteiger partial charge on any atom is 0.194 e. The maximum atomic E-state index is 9.91. The van der Waals surface area contributed by atoms with Crippen LogP contribution in [0.5, 0.6) is 0 Å². The Labute approximate surface area is 127 Å². The number of guanidine groups is 1. The van der Waals surface area contributed by atoms with Crippen LogP contribution in [0.2, 0.25) is 0 Å². The van der Waals surface area contributed by atoms with Crippen molar-refractivity contribution in [2.75, 3.05) is 46.5 Å². The van der Waals surface area contributed by atoms with Gasteiger partial charge >= 0.3 is 0 Å². The number of morpholine rings is 1. The summed E-state index contributed by atoms with van der Waals surface area (Å²) in [6.45, 7) is 6.58. The number of aliphatic imine (C=N–C) groups is 1. The van der Waals surface area contributed by atoms with Gasteiger partial charge in [-0.05, 0) is 19.8 Å². The number of rotatable bonds is 5. The van der Waals surface area contributed by atoms with E-state index in [0.717, 1.165) is 44.9 Å². The zero-order valence-electron chi connectivity index (χ0n) is 13.3. The average molecular weight is 299 g/mol. The molecule has 6 heteroatoms. The lowest BCUT2D eigenvalue weighted by Crippen LogP contribution is -2.51. The van der Waals surface area contributed by atoms with Gasteiger partial charge in [0.25, 0.3) is 0 Å². The lowest BCUT2D eigenvalue weighted by Gasteiger charge is -2.35. The molecule has 2 N–H and O–H groups in total. The SMILES string of the molecule is CCNC(=NCC1CCCC1O)N1CCOC(COC)C1. The van der Waals surface area contributed by atoms with Gasteiger partial charge in [-0.2, -0.15) is 0 Å². The highest BCUT2D eigenvalue weighted by molar-refractivity contribution is 5.80. The summed E-state index contributed by atoms with van der Waals surface area (Å²) in [7, 11) is 1.70. The second-order valence-electron chi connectivity index (χ2n) is 5.85. The highest BCUT2D eigenvalue weighted by Crippen LogP contribution is 2.25. The highest BCUT2D eigenvalue weighted by atomic mass is 16.5. The fourth-order valence-electron chi connectivity index (χ4n) is 3.06. The molecule has 1 aliphatic carbocycles. The molecular formula is C15H29N3O3. The fraction of sp³-hybridized carbons (Fsp3) is 0.933. The lowest BCUT2D eigenvalue weighted by molar-refractivity contribution is -0.0447. The number of hydrogen-bond donors (Lipinski definition) is 2. The van der Waals surface area contributed by atoms with E-state index in [1.807, 2.05) is 0 Å². The quantitative estimate of drug-likeness (QED) is 0.570. The Hall–Kier alpha value is -0.850. The van der Waals surface area contributed by atoms with Crippen molar-refractivity contribution < 1.29 is 14.6 Å². The van der Waals surface area contributed by atoms with E-state index in [-0.39, 0.29) is 12.2 Å². The van der Waals surface area contributed by atoms with Gasteiger partial charge in [-0.3, -0.25) is 4.99 Å². The number of nitrogens with zero attached hydrogens (tertiary/aromatic N) is 2. The Balaban J connectivity index is 1.93. The first-order valence-corrected chi connectivity index (χ1v) is 8.06. The zero-order valence-corrected chi connectivity index (χ0v) is 13.3. The van der Waals surface area contributed by atoms with Gasteiger partial charge in [0.1, 0.15) is 0 Å². The van der Waals surface area contributed by atoms with Crippen molar-refractivity contribution in [1.82, 2.24) is 10.2 Å². The topological polar surface area (TPSA) is 66.3 Å². The van der Waals surface area contributed by atoms with Crippen LogP contribution in [0, 0.1) is 5.92 Å². The number of hydrogen-bond acceptors (Lipinski definition) is 4. The predicted octanol–water partition coefficient (Wildman–Crippen LogP) is 0.460. The monoisotopic (exact) mass is 299 g/mol. The summed E-state index contributed by atoms with van der Waals surface area (Å²) in [6.07, 6.45) is 3.04. The molecule has 122 valence electrons. The van der Waals surface area contributed by atoms with Crippen LogP contribution < -0.4 is 5.32 Å². The Morgan fingerprint density at radius 2 is 2.33 bits per heavy atom. The van der Waals surface area contributed by atoms with Gasteiger partial charge in [0.15, 0.2) is 5.96 Å². The molecule has 0 spiro atoms. The molecule has 3 atom stereocenters. The molecule has 1 aliphatic heterocycles. The first-order chi connectivity index (χ1) is 10.2. The molecule has 0 bridgehead atoms. The van der Waals surface area contributed by atoms with Crippen molar-refractivity contribution in [1.29, 1.82) is 0 Å². The van der Waals surface area contributed by atoms with Gasteiger partial charge in [0.2, 0.25) is 0 Å². The molecule has 1 saturated carbocycles. The minimum Gasteiger partial charge on any atom is -0.393 e. The number of aliphatic hydroxyl groups is 1. The maximum absolute atomic E-state index is 9.91.